The molecule has 0 bridgehead atoms. The molecule has 1 aromatic carbocycles. The summed E-state index contributed by atoms with van der Waals surface area (Å²) in [6.45, 7) is 3.14. The van der Waals surface area contributed by atoms with Crippen LogP contribution in [0.25, 0.3) is 0 Å². The molecule has 0 aliphatic heterocycles. The van der Waals surface area contributed by atoms with E-state index in [2.05, 4.69) is 5.32 Å². The summed E-state index contributed by atoms with van der Waals surface area (Å²) in [7, 11) is 0. The number of nitrogens with one attached hydrogen (secondary N) is 1. The lowest BCUT2D eigenvalue weighted by molar-refractivity contribution is -0.120. The van der Waals surface area contributed by atoms with E-state index in [1.165, 1.54) is 13.0 Å². The van der Waals surface area contributed by atoms with Crippen molar-refractivity contribution in [3.05, 3.63) is 29.3 Å². The van der Waals surface area contributed by atoms with Crippen LogP contribution in [-0.4, -0.2) is 23.3 Å². The molecule has 0 saturated carbocycles. The van der Waals surface area contributed by atoms with E-state index in [4.69, 9.17) is 0 Å². The Hall–Kier alpha value is -2.30. The second-order valence-corrected chi connectivity index (χ2v) is 4.79. The second kappa shape index (κ2) is 5.36. The predicted molar refractivity (Wildman–Crippen MR) is 72.8 cm³/mol. The first-order chi connectivity index (χ1) is 9.47. The number of carbonyl (C=O) groups is 4. The molecule has 1 atom stereocenters. The van der Waals surface area contributed by atoms with Crippen LogP contribution in [0, 0.1) is 5.92 Å². The van der Waals surface area contributed by atoms with Crippen molar-refractivity contribution in [3.8, 4) is 0 Å². The van der Waals surface area contributed by atoms with Crippen LogP contribution in [0.1, 0.15) is 47.4 Å². The average Bonchev–Trinajstić information content (AvgIpc) is 2.62. The topological polar surface area (TPSA) is 80.3 Å². The summed E-state index contributed by atoms with van der Waals surface area (Å²) in [4.78, 5) is 47.6. The molecule has 5 nitrogen and oxygen atoms in total. The molecular formula is C15H15NO4. The Balaban J connectivity index is 2.46. The lowest BCUT2D eigenvalue weighted by Gasteiger charge is -2.07. The molecule has 0 saturated heterocycles. The van der Waals surface area contributed by atoms with Crippen LogP contribution in [0.2, 0.25) is 0 Å². The quantitative estimate of drug-likeness (QED) is 0.851. The average molecular weight is 273 g/mol. The Labute approximate surface area is 116 Å². The fraction of sp³-hybridized carbons (Fsp3) is 0.333. The van der Waals surface area contributed by atoms with E-state index in [9.17, 15) is 19.2 Å². The summed E-state index contributed by atoms with van der Waals surface area (Å²) in [5, 5.41) is 2.52. The van der Waals surface area contributed by atoms with Crippen molar-refractivity contribution < 1.29 is 19.2 Å². The monoisotopic (exact) mass is 273 g/mol. The Morgan fingerprint density at radius 3 is 2.50 bits per heavy atom. The third kappa shape index (κ3) is 2.27. The van der Waals surface area contributed by atoms with Gasteiger partial charge in [0.05, 0.1) is 11.3 Å². The van der Waals surface area contributed by atoms with Gasteiger partial charge in [0.15, 0.2) is 17.3 Å². The number of ketones is 3. The third-order valence-electron chi connectivity index (χ3n) is 3.23. The van der Waals surface area contributed by atoms with Gasteiger partial charge < -0.3 is 5.32 Å². The van der Waals surface area contributed by atoms with Gasteiger partial charge in [0, 0.05) is 18.9 Å². The molecule has 1 aliphatic rings. The van der Waals surface area contributed by atoms with Crippen LogP contribution in [-0.2, 0) is 9.59 Å². The Morgan fingerprint density at radius 2 is 1.90 bits per heavy atom. The molecule has 5 heteroatoms. The number of Topliss-reactive ketones (excluding diaryl/α,β-unsaturated/α-hetero) is 3. The van der Waals surface area contributed by atoms with Crippen LogP contribution in [0.15, 0.2) is 18.2 Å². The SMILES string of the molecule is CCCC(=O)C1C(=O)c2cccc(NC(C)=O)c2C1=O. The fourth-order valence-corrected chi connectivity index (χ4v) is 2.42. The van der Waals surface area contributed by atoms with Crippen molar-refractivity contribution in [2.24, 2.45) is 5.92 Å². The number of amides is 1. The lowest BCUT2D eigenvalue weighted by atomic mass is 9.95. The maximum absolute atomic E-state index is 12.3. The van der Waals surface area contributed by atoms with Gasteiger partial charge in [-0.1, -0.05) is 19.1 Å². The van der Waals surface area contributed by atoms with Crippen LogP contribution >= 0.6 is 0 Å². The highest BCUT2D eigenvalue weighted by molar-refractivity contribution is 6.37. The van der Waals surface area contributed by atoms with Gasteiger partial charge in [-0.15, -0.1) is 0 Å². The zero-order valence-electron chi connectivity index (χ0n) is 11.4. The highest BCUT2D eigenvalue weighted by Gasteiger charge is 2.43. The fourth-order valence-electron chi connectivity index (χ4n) is 2.42. The van der Waals surface area contributed by atoms with Crippen molar-refractivity contribution in [2.75, 3.05) is 5.32 Å². The van der Waals surface area contributed by atoms with Gasteiger partial charge in [0.2, 0.25) is 5.91 Å². The molecule has 1 amide bonds. The molecule has 0 fully saturated rings. The van der Waals surface area contributed by atoms with Gasteiger partial charge in [-0.25, -0.2) is 0 Å². The van der Waals surface area contributed by atoms with E-state index in [1.807, 2.05) is 6.92 Å². The number of hydrogen-bond acceptors (Lipinski definition) is 4. The molecule has 1 aromatic rings. The number of fused-ring (bicyclic) bond motifs is 1. The van der Waals surface area contributed by atoms with Crippen molar-refractivity contribution in [1.29, 1.82) is 0 Å². The summed E-state index contributed by atoms with van der Waals surface area (Å²) < 4.78 is 0. The Kier molecular flexibility index (Phi) is 3.79. The Bertz CT molecular complexity index is 618. The molecule has 0 heterocycles. The normalized spacial score (nSPS) is 17.0. The molecule has 104 valence electrons. The summed E-state index contributed by atoms with van der Waals surface area (Å²) in [6.07, 6.45) is 0.788. The van der Waals surface area contributed by atoms with Crippen molar-refractivity contribution in [2.45, 2.75) is 26.7 Å². The minimum atomic E-state index is -1.24. The highest BCUT2D eigenvalue weighted by atomic mass is 16.2. The number of carbonyl (C=O) groups excluding carboxylic acids is 4. The van der Waals surface area contributed by atoms with E-state index >= 15 is 0 Å². The van der Waals surface area contributed by atoms with Crippen LogP contribution < -0.4 is 5.32 Å². The maximum atomic E-state index is 12.3. The molecule has 20 heavy (non-hydrogen) atoms. The van der Waals surface area contributed by atoms with Gasteiger partial charge >= 0.3 is 0 Å². The standard InChI is InChI=1S/C15H15NO4/c1-3-5-11(18)13-14(19)9-6-4-7-10(16-8(2)17)12(9)15(13)20/h4,6-7,13H,3,5H2,1-2H3,(H,16,17). The zero-order chi connectivity index (χ0) is 14.9. The number of rotatable bonds is 4. The summed E-state index contributed by atoms with van der Waals surface area (Å²) in [6, 6.07) is 4.65. The largest absolute Gasteiger partial charge is 0.326 e. The minimum Gasteiger partial charge on any atom is -0.326 e. The molecule has 1 N–H and O–H groups in total. The molecule has 0 spiro atoms. The van der Waals surface area contributed by atoms with Gasteiger partial charge in [0.1, 0.15) is 5.92 Å². The van der Waals surface area contributed by atoms with Crippen LogP contribution in [0.5, 0.6) is 0 Å². The minimum absolute atomic E-state index is 0.155. The predicted octanol–water partition coefficient (Wildman–Crippen LogP) is 2.01. The smallest absolute Gasteiger partial charge is 0.221 e. The van der Waals surface area contributed by atoms with Crippen molar-refractivity contribution in [3.63, 3.8) is 0 Å². The first-order valence-electron chi connectivity index (χ1n) is 6.49. The van der Waals surface area contributed by atoms with E-state index in [0.29, 0.717) is 12.1 Å². The molecular weight excluding hydrogens is 258 g/mol. The molecule has 1 aliphatic carbocycles. The first kappa shape index (κ1) is 14.1. The summed E-state index contributed by atoms with van der Waals surface area (Å²) >= 11 is 0. The molecule has 1 unspecified atom stereocenters. The number of hydrogen-bond donors (Lipinski definition) is 1. The number of anilines is 1. The Morgan fingerprint density at radius 1 is 1.20 bits per heavy atom. The lowest BCUT2D eigenvalue weighted by Crippen LogP contribution is -2.25. The second-order valence-electron chi connectivity index (χ2n) is 4.79. The molecule has 2 rings (SSSR count). The third-order valence-corrected chi connectivity index (χ3v) is 3.23. The highest BCUT2D eigenvalue weighted by Crippen LogP contribution is 2.33. The van der Waals surface area contributed by atoms with E-state index in [0.717, 1.165) is 0 Å². The van der Waals surface area contributed by atoms with Crippen LogP contribution in [0.3, 0.4) is 0 Å². The first-order valence-corrected chi connectivity index (χ1v) is 6.49. The van der Waals surface area contributed by atoms with Gasteiger partial charge in [-0.3, -0.25) is 19.2 Å². The van der Waals surface area contributed by atoms with Crippen molar-refractivity contribution >= 4 is 28.9 Å². The van der Waals surface area contributed by atoms with Crippen LogP contribution in [0.4, 0.5) is 5.69 Å². The maximum Gasteiger partial charge on any atom is 0.221 e. The number of benzene rings is 1. The van der Waals surface area contributed by atoms with Gasteiger partial charge in [0.25, 0.3) is 0 Å². The summed E-state index contributed by atoms with van der Waals surface area (Å²) in [5.41, 5.74) is 0.665. The summed E-state index contributed by atoms with van der Waals surface area (Å²) in [5.74, 6) is -2.89. The van der Waals surface area contributed by atoms with E-state index < -0.39 is 17.5 Å². The molecule has 0 aromatic heterocycles. The van der Waals surface area contributed by atoms with E-state index in [1.54, 1.807) is 12.1 Å². The molecule has 0 radical (unpaired) electrons. The van der Waals surface area contributed by atoms with Gasteiger partial charge in [-0.05, 0) is 12.5 Å². The van der Waals surface area contributed by atoms with E-state index in [-0.39, 0.29) is 29.2 Å². The zero-order valence-corrected chi connectivity index (χ0v) is 11.4. The van der Waals surface area contributed by atoms with Gasteiger partial charge in [-0.2, -0.15) is 0 Å². The van der Waals surface area contributed by atoms with Crippen molar-refractivity contribution in [1.82, 2.24) is 0 Å².